The van der Waals surface area contributed by atoms with Gasteiger partial charge in [0.05, 0.1) is 0 Å². The SMILES string of the molecule is NC1(c2ccccc2C(F)F)CCCCC1. The molecule has 0 heterocycles. The van der Waals surface area contributed by atoms with Crippen LogP contribution in [0.4, 0.5) is 8.78 Å². The zero-order valence-corrected chi connectivity index (χ0v) is 9.26. The molecule has 0 amide bonds. The Bertz CT molecular complexity index is 357. The van der Waals surface area contributed by atoms with Crippen molar-refractivity contribution < 1.29 is 8.78 Å². The summed E-state index contributed by atoms with van der Waals surface area (Å²) in [6.45, 7) is 0. The summed E-state index contributed by atoms with van der Waals surface area (Å²) in [6.07, 6.45) is 2.43. The van der Waals surface area contributed by atoms with Crippen molar-refractivity contribution >= 4 is 0 Å². The van der Waals surface area contributed by atoms with Crippen molar-refractivity contribution in [2.45, 2.75) is 44.1 Å². The van der Waals surface area contributed by atoms with Crippen LogP contribution in [-0.2, 0) is 5.54 Å². The monoisotopic (exact) mass is 225 g/mol. The second kappa shape index (κ2) is 4.50. The van der Waals surface area contributed by atoms with Gasteiger partial charge in [-0.1, -0.05) is 43.5 Å². The Morgan fingerprint density at radius 1 is 1.06 bits per heavy atom. The van der Waals surface area contributed by atoms with Crippen molar-refractivity contribution in [3.05, 3.63) is 35.4 Å². The summed E-state index contributed by atoms with van der Waals surface area (Å²) < 4.78 is 25.8. The number of nitrogens with two attached hydrogens (primary N) is 1. The maximum Gasteiger partial charge on any atom is 0.264 e. The largest absolute Gasteiger partial charge is 0.321 e. The molecule has 3 heteroatoms. The highest BCUT2D eigenvalue weighted by molar-refractivity contribution is 5.34. The van der Waals surface area contributed by atoms with Gasteiger partial charge in [-0.25, -0.2) is 8.78 Å². The summed E-state index contributed by atoms with van der Waals surface area (Å²) in [7, 11) is 0. The molecule has 0 atom stereocenters. The van der Waals surface area contributed by atoms with Gasteiger partial charge in [-0.15, -0.1) is 0 Å². The van der Waals surface area contributed by atoms with Crippen LogP contribution in [0.15, 0.2) is 24.3 Å². The third-order valence-electron chi connectivity index (χ3n) is 3.48. The van der Waals surface area contributed by atoms with Gasteiger partial charge in [-0.3, -0.25) is 0 Å². The van der Waals surface area contributed by atoms with Gasteiger partial charge in [-0.05, 0) is 18.4 Å². The van der Waals surface area contributed by atoms with Gasteiger partial charge in [0.2, 0.25) is 0 Å². The second-order valence-electron chi connectivity index (χ2n) is 4.60. The molecule has 1 saturated carbocycles. The fraction of sp³-hybridized carbons (Fsp3) is 0.538. The molecule has 0 bridgehead atoms. The molecule has 1 nitrogen and oxygen atoms in total. The molecular formula is C13H17F2N. The smallest absolute Gasteiger partial charge is 0.264 e. The van der Waals surface area contributed by atoms with E-state index in [2.05, 4.69) is 0 Å². The van der Waals surface area contributed by atoms with Crippen LogP contribution >= 0.6 is 0 Å². The van der Waals surface area contributed by atoms with Gasteiger partial charge in [0, 0.05) is 11.1 Å². The molecule has 1 aromatic rings. The third kappa shape index (κ3) is 2.09. The normalized spacial score (nSPS) is 20.0. The van der Waals surface area contributed by atoms with Crippen molar-refractivity contribution in [3.8, 4) is 0 Å². The van der Waals surface area contributed by atoms with E-state index in [4.69, 9.17) is 5.73 Å². The van der Waals surface area contributed by atoms with Gasteiger partial charge in [0.15, 0.2) is 0 Å². The van der Waals surface area contributed by atoms with Crippen LogP contribution in [0.2, 0.25) is 0 Å². The molecule has 0 saturated heterocycles. The Hall–Kier alpha value is -0.960. The number of benzene rings is 1. The molecule has 0 aromatic heterocycles. The summed E-state index contributed by atoms with van der Waals surface area (Å²) in [4.78, 5) is 0. The maximum atomic E-state index is 12.9. The van der Waals surface area contributed by atoms with Gasteiger partial charge in [-0.2, -0.15) is 0 Å². The topological polar surface area (TPSA) is 26.0 Å². The summed E-state index contributed by atoms with van der Waals surface area (Å²) in [6, 6.07) is 6.69. The highest BCUT2D eigenvalue weighted by atomic mass is 19.3. The lowest BCUT2D eigenvalue weighted by molar-refractivity contribution is 0.146. The van der Waals surface area contributed by atoms with Crippen LogP contribution in [0.25, 0.3) is 0 Å². The zero-order valence-electron chi connectivity index (χ0n) is 9.26. The van der Waals surface area contributed by atoms with Crippen LogP contribution in [-0.4, -0.2) is 0 Å². The molecule has 0 unspecified atom stereocenters. The van der Waals surface area contributed by atoms with Crippen molar-refractivity contribution in [2.24, 2.45) is 5.73 Å². The average Bonchev–Trinajstić information content (AvgIpc) is 2.30. The number of alkyl halides is 2. The molecule has 0 spiro atoms. The molecule has 2 rings (SSSR count). The highest BCUT2D eigenvalue weighted by Crippen LogP contribution is 2.38. The van der Waals surface area contributed by atoms with Gasteiger partial charge in [0.1, 0.15) is 0 Å². The van der Waals surface area contributed by atoms with Crippen molar-refractivity contribution in [1.29, 1.82) is 0 Å². The molecule has 0 radical (unpaired) electrons. The minimum absolute atomic E-state index is 0.104. The van der Waals surface area contributed by atoms with Crippen molar-refractivity contribution in [1.82, 2.24) is 0 Å². The lowest BCUT2D eigenvalue weighted by Crippen LogP contribution is -2.39. The lowest BCUT2D eigenvalue weighted by Gasteiger charge is -2.35. The molecule has 16 heavy (non-hydrogen) atoms. The van der Waals surface area contributed by atoms with Gasteiger partial charge < -0.3 is 5.73 Å². The predicted octanol–water partition coefficient (Wildman–Crippen LogP) is 3.74. The van der Waals surface area contributed by atoms with Crippen LogP contribution in [0, 0.1) is 0 Å². The minimum Gasteiger partial charge on any atom is -0.321 e. The molecule has 1 aromatic carbocycles. The molecule has 1 aliphatic rings. The molecular weight excluding hydrogens is 208 g/mol. The number of halogens is 2. The predicted molar refractivity (Wildman–Crippen MR) is 60.3 cm³/mol. The zero-order chi connectivity index (χ0) is 11.6. The first-order valence-corrected chi connectivity index (χ1v) is 5.80. The van der Waals surface area contributed by atoms with E-state index in [1.165, 1.54) is 6.07 Å². The van der Waals surface area contributed by atoms with Crippen LogP contribution in [0.1, 0.15) is 49.7 Å². The van der Waals surface area contributed by atoms with E-state index in [-0.39, 0.29) is 5.56 Å². The Balaban J connectivity index is 2.38. The van der Waals surface area contributed by atoms with E-state index < -0.39 is 12.0 Å². The van der Waals surface area contributed by atoms with E-state index >= 15 is 0 Å². The Morgan fingerprint density at radius 3 is 2.31 bits per heavy atom. The summed E-state index contributed by atoms with van der Waals surface area (Å²) >= 11 is 0. The second-order valence-corrected chi connectivity index (χ2v) is 4.60. The Labute approximate surface area is 94.7 Å². The Morgan fingerprint density at radius 2 is 1.69 bits per heavy atom. The standard InChI is InChI=1S/C13H17F2N/c14-12(15)10-6-2-3-7-11(10)13(16)8-4-1-5-9-13/h2-3,6-7,12H,1,4-5,8-9,16H2. The number of rotatable bonds is 2. The molecule has 2 N–H and O–H groups in total. The van der Waals surface area contributed by atoms with E-state index in [1.54, 1.807) is 18.2 Å². The fourth-order valence-corrected chi connectivity index (χ4v) is 2.59. The first-order valence-electron chi connectivity index (χ1n) is 5.80. The van der Waals surface area contributed by atoms with Gasteiger partial charge in [0.25, 0.3) is 6.43 Å². The van der Waals surface area contributed by atoms with Crippen LogP contribution < -0.4 is 5.73 Å². The number of hydrogen-bond acceptors (Lipinski definition) is 1. The first kappa shape index (κ1) is 11.5. The quantitative estimate of drug-likeness (QED) is 0.815. The summed E-state index contributed by atoms with van der Waals surface area (Å²) in [5, 5.41) is 0. The lowest BCUT2D eigenvalue weighted by atomic mass is 9.76. The van der Waals surface area contributed by atoms with Gasteiger partial charge >= 0.3 is 0 Å². The number of hydrogen-bond donors (Lipinski definition) is 1. The highest BCUT2D eigenvalue weighted by Gasteiger charge is 2.32. The summed E-state index contributed by atoms with van der Waals surface area (Å²) in [5.74, 6) is 0. The van der Waals surface area contributed by atoms with Crippen molar-refractivity contribution in [2.75, 3.05) is 0 Å². The van der Waals surface area contributed by atoms with Crippen LogP contribution in [0.3, 0.4) is 0 Å². The van der Waals surface area contributed by atoms with E-state index in [9.17, 15) is 8.78 Å². The molecule has 1 fully saturated rings. The molecule has 0 aliphatic heterocycles. The Kier molecular flexibility index (Phi) is 3.24. The third-order valence-corrected chi connectivity index (χ3v) is 3.48. The van der Waals surface area contributed by atoms with E-state index in [0.29, 0.717) is 5.56 Å². The van der Waals surface area contributed by atoms with Crippen LogP contribution in [0.5, 0.6) is 0 Å². The maximum absolute atomic E-state index is 12.9. The average molecular weight is 225 g/mol. The molecule has 88 valence electrons. The summed E-state index contributed by atoms with van der Waals surface area (Å²) in [5.41, 5.74) is 6.50. The van der Waals surface area contributed by atoms with E-state index in [0.717, 1.165) is 32.1 Å². The van der Waals surface area contributed by atoms with Crippen molar-refractivity contribution in [3.63, 3.8) is 0 Å². The molecule has 1 aliphatic carbocycles. The first-order chi connectivity index (χ1) is 7.63. The minimum atomic E-state index is -2.43. The fourth-order valence-electron chi connectivity index (χ4n) is 2.59. The van der Waals surface area contributed by atoms with E-state index in [1.807, 2.05) is 0 Å².